The van der Waals surface area contributed by atoms with E-state index in [1.165, 1.54) is 89.9 Å². The molecule has 0 aliphatic rings. The molecule has 1 rings (SSSR count). The molecular weight excluding hydrogens is 390 g/mol. The Morgan fingerprint density at radius 3 is 1.67 bits per heavy atom. The monoisotopic (exact) mass is 435 g/mol. The van der Waals surface area contributed by atoms with Crippen LogP contribution in [0.25, 0.3) is 0 Å². The lowest BCUT2D eigenvalue weighted by atomic mass is 10.0. The van der Waals surface area contributed by atoms with Crippen molar-refractivity contribution >= 4 is 17.2 Å². The lowest BCUT2D eigenvalue weighted by Gasteiger charge is -2.21. The summed E-state index contributed by atoms with van der Waals surface area (Å²) >= 11 is 5.66. The van der Waals surface area contributed by atoms with E-state index in [1.54, 1.807) is 14.2 Å². The molecule has 0 aliphatic carbocycles. The Labute approximate surface area is 191 Å². The summed E-state index contributed by atoms with van der Waals surface area (Å²) in [6.07, 6.45) is 19.4. The quantitative estimate of drug-likeness (QED) is 0.173. The molecule has 30 heavy (non-hydrogen) atoms. The van der Waals surface area contributed by atoms with Crippen LogP contribution in [0, 0.1) is 0 Å². The molecule has 0 saturated heterocycles. The minimum Gasteiger partial charge on any atom is -0.493 e. The first kappa shape index (κ1) is 26.7. The fourth-order valence-electron chi connectivity index (χ4n) is 3.83. The normalized spacial score (nSPS) is 10.8. The van der Waals surface area contributed by atoms with Gasteiger partial charge in [-0.2, -0.15) is 0 Å². The second-order valence-electron chi connectivity index (χ2n) is 8.39. The molecule has 0 aromatic heterocycles. The van der Waals surface area contributed by atoms with Gasteiger partial charge in [-0.3, -0.25) is 0 Å². The van der Waals surface area contributed by atoms with Gasteiger partial charge < -0.3 is 14.4 Å². The summed E-state index contributed by atoms with van der Waals surface area (Å²) in [7, 11) is 5.39. The summed E-state index contributed by atoms with van der Waals surface area (Å²) in [6, 6.07) is 5.88. The Balaban J connectivity index is 2.05. The molecule has 1 aromatic rings. The van der Waals surface area contributed by atoms with Crippen LogP contribution in [0.15, 0.2) is 18.2 Å². The highest BCUT2D eigenvalue weighted by atomic mass is 32.1. The molecule has 172 valence electrons. The number of ether oxygens (including phenoxy) is 2. The zero-order valence-corrected chi connectivity index (χ0v) is 20.8. The average molecular weight is 436 g/mol. The molecule has 0 heterocycles. The largest absolute Gasteiger partial charge is 0.493 e. The predicted octanol–water partition coefficient (Wildman–Crippen LogP) is 7.79. The van der Waals surface area contributed by atoms with E-state index in [2.05, 4.69) is 18.9 Å². The highest BCUT2D eigenvalue weighted by Crippen LogP contribution is 2.28. The summed E-state index contributed by atoms with van der Waals surface area (Å²) in [5.41, 5.74) is 1.01. The molecule has 3 nitrogen and oxygen atoms in total. The Kier molecular flexibility index (Phi) is 15.5. The highest BCUT2D eigenvalue weighted by molar-refractivity contribution is 7.80. The lowest BCUT2D eigenvalue weighted by Crippen LogP contribution is -2.26. The summed E-state index contributed by atoms with van der Waals surface area (Å²) in [6.45, 7) is 3.29. The van der Waals surface area contributed by atoms with Crippen LogP contribution in [0.4, 0.5) is 0 Å². The molecule has 0 aliphatic heterocycles. The van der Waals surface area contributed by atoms with Crippen molar-refractivity contribution in [1.82, 2.24) is 4.90 Å². The topological polar surface area (TPSA) is 21.7 Å². The van der Waals surface area contributed by atoms with Gasteiger partial charge >= 0.3 is 0 Å². The molecule has 0 N–H and O–H groups in total. The first-order valence-electron chi connectivity index (χ1n) is 12.1. The van der Waals surface area contributed by atoms with Crippen LogP contribution in [0.2, 0.25) is 0 Å². The van der Waals surface area contributed by atoms with Crippen LogP contribution in [0.3, 0.4) is 0 Å². The molecule has 0 atom stereocenters. The minimum atomic E-state index is 0.724. The van der Waals surface area contributed by atoms with E-state index in [0.29, 0.717) is 0 Å². The van der Waals surface area contributed by atoms with Gasteiger partial charge in [-0.05, 0) is 24.6 Å². The van der Waals surface area contributed by atoms with E-state index in [4.69, 9.17) is 21.7 Å². The molecule has 0 bridgehead atoms. The van der Waals surface area contributed by atoms with Gasteiger partial charge in [0.15, 0.2) is 11.5 Å². The van der Waals surface area contributed by atoms with E-state index in [9.17, 15) is 0 Å². The molecule has 0 fully saturated rings. The number of rotatable bonds is 18. The van der Waals surface area contributed by atoms with Crippen molar-refractivity contribution < 1.29 is 9.47 Å². The van der Waals surface area contributed by atoms with E-state index in [0.717, 1.165) is 28.6 Å². The van der Waals surface area contributed by atoms with E-state index < -0.39 is 0 Å². The number of thiocarbonyl (C=S) groups is 1. The second kappa shape index (κ2) is 17.4. The van der Waals surface area contributed by atoms with Gasteiger partial charge in [0.25, 0.3) is 0 Å². The average Bonchev–Trinajstić information content (AvgIpc) is 2.78. The third-order valence-corrected chi connectivity index (χ3v) is 6.37. The van der Waals surface area contributed by atoms with Crippen molar-refractivity contribution in [3.63, 3.8) is 0 Å². The molecule has 0 saturated carbocycles. The molecule has 1 aromatic carbocycles. The number of nitrogens with zero attached hydrogens (tertiary/aromatic N) is 1. The van der Waals surface area contributed by atoms with Crippen molar-refractivity contribution in [2.75, 3.05) is 27.8 Å². The number of unbranched alkanes of at least 4 members (excludes halogenated alkanes) is 13. The maximum atomic E-state index is 5.66. The number of hydrogen-bond acceptors (Lipinski definition) is 3. The Morgan fingerprint density at radius 2 is 1.20 bits per heavy atom. The second-order valence-corrected chi connectivity index (χ2v) is 8.78. The highest BCUT2D eigenvalue weighted by Gasteiger charge is 2.11. The van der Waals surface area contributed by atoms with Crippen molar-refractivity contribution in [3.05, 3.63) is 23.8 Å². The molecular formula is C26H45NO2S. The summed E-state index contributed by atoms with van der Waals surface area (Å²) in [5.74, 6) is 1.46. The molecule has 0 radical (unpaired) electrons. The summed E-state index contributed by atoms with van der Waals surface area (Å²) < 4.78 is 10.7. The van der Waals surface area contributed by atoms with Crippen LogP contribution in [-0.2, 0) is 0 Å². The van der Waals surface area contributed by atoms with Crippen LogP contribution in [0.1, 0.15) is 102 Å². The molecule has 0 spiro atoms. The third kappa shape index (κ3) is 11.2. The number of benzene rings is 1. The van der Waals surface area contributed by atoms with Crippen molar-refractivity contribution in [1.29, 1.82) is 0 Å². The SMILES string of the molecule is CCCCCCCCCCCCCCCCN(C)C(=S)c1ccc(OC)c(OC)c1. The first-order chi connectivity index (χ1) is 14.6. The van der Waals surface area contributed by atoms with Gasteiger partial charge in [0.1, 0.15) is 4.99 Å². The third-order valence-electron chi connectivity index (χ3n) is 5.82. The van der Waals surface area contributed by atoms with E-state index in [1.807, 2.05) is 18.2 Å². The Bertz CT molecular complexity index is 576. The zero-order valence-electron chi connectivity index (χ0n) is 20.0. The van der Waals surface area contributed by atoms with Gasteiger partial charge in [0.05, 0.1) is 14.2 Å². The maximum absolute atomic E-state index is 5.66. The van der Waals surface area contributed by atoms with E-state index >= 15 is 0 Å². The zero-order chi connectivity index (χ0) is 22.0. The van der Waals surface area contributed by atoms with Gasteiger partial charge in [-0.1, -0.05) is 103 Å². The van der Waals surface area contributed by atoms with Gasteiger partial charge in [-0.15, -0.1) is 0 Å². The van der Waals surface area contributed by atoms with Gasteiger partial charge in [-0.25, -0.2) is 0 Å². The first-order valence-corrected chi connectivity index (χ1v) is 12.5. The van der Waals surface area contributed by atoms with Gasteiger partial charge in [0, 0.05) is 19.2 Å². The van der Waals surface area contributed by atoms with Crippen LogP contribution in [-0.4, -0.2) is 37.7 Å². The lowest BCUT2D eigenvalue weighted by molar-refractivity contribution is 0.355. The predicted molar refractivity (Wildman–Crippen MR) is 134 cm³/mol. The van der Waals surface area contributed by atoms with Crippen LogP contribution < -0.4 is 9.47 Å². The van der Waals surface area contributed by atoms with Crippen molar-refractivity contribution in [3.8, 4) is 11.5 Å². The minimum absolute atomic E-state index is 0.724. The molecule has 0 amide bonds. The Hall–Kier alpha value is -1.29. The number of methoxy groups -OCH3 is 2. The smallest absolute Gasteiger partial charge is 0.161 e. The van der Waals surface area contributed by atoms with Crippen LogP contribution in [0.5, 0.6) is 11.5 Å². The summed E-state index contributed by atoms with van der Waals surface area (Å²) in [5, 5.41) is 0. The standard InChI is InChI=1S/C26H45NO2S/c1-5-6-7-8-9-10-11-12-13-14-15-16-17-18-21-27(2)26(30)23-19-20-24(28-3)25(22-23)29-4/h19-20,22H,5-18,21H2,1-4H3. The number of hydrogen-bond donors (Lipinski definition) is 0. The molecule has 0 unspecified atom stereocenters. The van der Waals surface area contributed by atoms with Crippen molar-refractivity contribution in [2.45, 2.75) is 96.8 Å². The maximum Gasteiger partial charge on any atom is 0.161 e. The summed E-state index contributed by atoms with van der Waals surface area (Å²) in [4.78, 5) is 3.04. The van der Waals surface area contributed by atoms with Gasteiger partial charge in [0.2, 0.25) is 0 Å². The molecule has 4 heteroatoms. The van der Waals surface area contributed by atoms with Crippen LogP contribution >= 0.6 is 12.2 Å². The fourth-order valence-corrected chi connectivity index (χ4v) is 4.05. The Morgan fingerprint density at radius 1 is 0.733 bits per heavy atom. The van der Waals surface area contributed by atoms with Crippen molar-refractivity contribution in [2.24, 2.45) is 0 Å². The fraction of sp³-hybridized carbons (Fsp3) is 0.731. The van der Waals surface area contributed by atoms with E-state index in [-0.39, 0.29) is 0 Å².